The number of amides is 2. The van der Waals surface area contributed by atoms with Gasteiger partial charge in [-0.1, -0.05) is 5.21 Å². The third-order valence-corrected chi connectivity index (χ3v) is 9.39. The van der Waals surface area contributed by atoms with Crippen LogP contribution in [0.25, 0.3) is 5.78 Å². The summed E-state index contributed by atoms with van der Waals surface area (Å²) in [6.07, 6.45) is -1.11. The van der Waals surface area contributed by atoms with E-state index in [1.807, 2.05) is 0 Å². The van der Waals surface area contributed by atoms with E-state index in [1.165, 1.54) is 15.4 Å². The Hall–Kier alpha value is -3.76. The van der Waals surface area contributed by atoms with E-state index < -0.39 is 48.3 Å². The molecular formula is C29H36F5N9O3. The molecular weight excluding hydrogens is 617 g/mol. The highest BCUT2D eigenvalue weighted by atomic mass is 19.4. The first-order chi connectivity index (χ1) is 21.9. The second-order valence-electron chi connectivity index (χ2n) is 12.4. The van der Waals surface area contributed by atoms with E-state index in [0.29, 0.717) is 49.7 Å². The molecule has 1 aliphatic carbocycles. The van der Waals surface area contributed by atoms with Gasteiger partial charge in [0.2, 0.25) is 11.8 Å². The number of nitrogens with zero attached hydrogens (tertiary/aromatic N) is 7. The molecule has 3 atom stereocenters. The van der Waals surface area contributed by atoms with Crippen LogP contribution in [-0.4, -0.2) is 78.2 Å². The number of hydrogen-bond donors (Lipinski definition) is 2. The van der Waals surface area contributed by atoms with Gasteiger partial charge in [0, 0.05) is 57.4 Å². The Morgan fingerprint density at radius 3 is 2.61 bits per heavy atom. The van der Waals surface area contributed by atoms with Crippen molar-refractivity contribution in [2.75, 3.05) is 19.8 Å². The van der Waals surface area contributed by atoms with Gasteiger partial charge in [0.25, 0.3) is 11.7 Å². The van der Waals surface area contributed by atoms with Crippen LogP contribution >= 0.6 is 0 Å². The molecule has 3 aromatic rings. The minimum atomic E-state index is -4.45. The van der Waals surface area contributed by atoms with Crippen LogP contribution in [0.5, 0.6) is 0 Å². The van der Waals surface area contributed by atoms with Gasteiger partial charge in [-0.3, -0.25) is 9.59 Å². The highest BCUT2D eigenvalue weighted by Gasteiger charge is 2.45. The number of halogens is 5. The van der Waals surface area contributed by atoms with Gasteiger partial charge in [0.05, 0.1) is 41.4 Å². The molecule has 2 saturated heterocycles. The Kier molecular flexibility index (Phi) is 8.95. The maximum absolute atomic E-state index is 14.1. The Labute approximate surface area is 260 Å². The molecule has 2 N–H and O–H groups in total. The van der Waals surface area contributed by atoms with Crippen molar-refractivity contribution in [3.8, 4) is 0 Å². The molecule has 17 heteroatoms. The zero-order chi connectivity index (χ0) is 32.6. The summed E-state index contributed by atoms with van der Waals surface area (Å²) in [7, 11) is 0. The van der Waals surface area contributed by atoms with Gasteiger partial charge in [-0.25, -0.2) is 27.9 Å². The van der Waals surface area contributed by atoms with Crippen LogP contribution in [0, 0.1) is 17.8 Å². The molecule has 0 unspecified atom stereocenters. The van der Waals surface area contributed by atoms with E-state index in [-0.39, 0.29) is 61.8 Å². The van der Waals surface area contributed by atoms with Gasteiger partial charge in [-0.2, -0.15) is 18.3 Å². The van der Waals surface area contributed by atoms with Gasteiger partial charge < -0.3 is 15.4 Å². The normalized spacial score (nSPS) is 23.7. The predicted octanol–water partition coefficient (Wildman–Crippen LogP) is 3.78. The van der Waals surface area contributed by atoms with Crippen molar-refractivity contribution >= 4 is 17.6 Å². The summed E-state index contributed by atoms with van der Waals surface area (Å²) in [5, 5.41) is 17.8. The average molecular weight is 654 g/mol. The molecule has 46 heavy (non-hydrogen) atoms. The molecule has 3 aromatic heterocycles. The first-order valence-corrected chi connectivity index (χ1v) is 15.7. The van der Waals surface area contributed by atoms with E-state index >= 15 is 0 Å². The molecule has 6 rings (SSSR count). The van der Waals surface area contributed by atoms with Crippen molar-refractivity contribution in [2.45, 2.75) is 88.9 Å². The highest BCUT2D eigenvalue weighted by Crippen LogP contribution is 2.42. The van der Waals surface area contributed by atoms with Crippen molar-refractivity contribution < 1.29 is 36.3 Å². The highest BCUT2D eigenvalue weighted by molar-refractivity contribution is 5.92. The number of rotatable bonds is 8. The molecule has 2 amide bonds. The maximum Gasteiger partial charge on any atom is 0.393 e. The lowest BCUT2D eigenvalue weighted by Gasteiger charge is -2.33. The third-order valence-electron chi connectivity index (χ3n) is 9.39. The first-order valence-electron chi connectivity index (χ1n) is 15.7. The van der Waals surface area contributed by atoms with Gasteiger partial charge in [-0.05, 0) is 44.9 Å². The lowest BCUT2D eigenvalue weighted by atomic mass is 9.81. The third kappa shape index (κ3) is 6.83. The molecule has 0 bridgehead atoms. The van der Waals surface area contributed by atoms with Gasteiger partial charge in [0.15, 0.2) is 0 Å². The number of piperidine rings is 1. The molecule has 1 saturated carbocycles. The summed E-state index contributed by atoms with van der Waals surface area (Å²) < 4.78 is 77.3. The monoisotopic (exact) mass is 653 g/mol. The minimum Gasteiger partial charge on any atom is -0.381 e. The second-order valence-corrected chi connectivity index (χ2v) is 12.4. The summed E-state index contributed by atoms with van der Waals surface area (Å²) in [6, 6.07) is -0.765. The Balaban J connectivity index is 1.35. The van der Waals surface area contributed by atoms with Gasteiger partial charge >= 0.3 is 6.18 Å². The molecule has 250 valence electrons. The number of aromatic nitrogens is 7. The molecule has 0 aromatic carbocycles. The summed E-state index contributed by atoms with van der Waals surface area (Å²) in [5.41, 5.74) is 1.51. The summed E-state index contributed by atoms with van der Waals surface area (Å²) in [5.74, 6) is -6.64. The van der Waals surface area contributed by atoms with Gasteiger partial charge in [0.1, 0.15) is 5.69 Å². The SMILES string of the molecule is CCn1nncc1C(=O)N[C@H](c1cn2nc(C[C@H]3C[C@@H](C(F)(F)F)CNC3=O)c(C3CCOCC3)nc2n1)C1CCC(F)(F)CC1. The largest absolute Gasteiger partial charge is 0.393 e. The molecule has 3 fully saturated rings. The molecule has 5 heterocycles. The minimum absolute atomic E-state index is 0.0482. The predicted molar refractivity (Wildman–Crippen MR) is 151 cm³/mol. The van der Waals surface area contributed by atoms with E-state index in [2.05, 4.69) is 20.9 Å². The van der Waals surface area contributed by atoms with Crippen molar-refractivity contribution in [3.05, 3.63) is 35.2 Å². The molecule has 2 aliphatic heterocycles. The van der Waals surface area contributed by atoms with E-state index in [9.17, 15) is 31.5 Å². The van der Waals surface area contributed by atoms with Crippen LogP contribution < -0.4 is 10.6 Å². The fraction of sp³-hybridized carbons (Fsp3) is 0.690. The Bertz CT molecular complexity index is 1560. The smallest absolute Gasteiger partial charge is 0.381 e. The lowest BCUT2D eigenvalue weighted by molar-refractivity contribution is -0.183. The number of hydrogen-bond acceptors (Lipinski definition) is 8. The number of ether oxygens (including phenoxy) is 1. The summed E-state index contributed by atoms with van der Waals surface area (Å²) in [4.78, 5) is 35.6. The number of carbonyl (C=O) groups is 2. The van der Waals surface area contributed by atoms with Crippen LogP contribution in [0.1, 0.15) is 91.4 Å². The number of nitrogens with one attached hydrogen (secondary N) is 2. The van der Waals surface area contributed by atoms with Crippen LogP contribution in [-0.2, 0) is 22.5 Å². The fourth-order valence-corrected chi connectivity index (χ4v) is 6.75. The van der Waals surface area contributed by atoms with Gasteiger partial charge in [-0.15, -0.1) is 5.10 Å². The van der Waals surface area contributed by atoms with Crippen molar-refractivity contribution in [1.82, 2.24) is 45.2 Å². The van der Waals surface area contributed by atoms with Crippen LogP contribution in [0.2, 0.25) is 0 Å². The molecule has 3 aliphatic rings. The number of carbonyl (C=O) groups excluding carboxylic acids is 2. The van der Waals surface area contributed by atoms with Crippen LogP contribution in [0.4, 0.5) is 22.0 Å². The lowest BCUT2D eigenvalue weighted by Crippen LogP contribution is -2.47. The molecule has 12 nitrogen and oxygen atoms in total. The Morgan fingerprint density at radius 2 is 1.91 bits per heavy atom. The van der Waals surface area contributed by atoms with E-state index in [4.69, 9.17) is 19.8 Å². The van der Waals surface area contributed by atoms with Crippen molar-refractivity contribution in [1.29, 1.82) is 0 Å². The van der Waals surface area contributed by atoms with Crippen molar-refractivity contribution in [2.24, 2.45) is 17.8 Å². The maximum atomic E-state index is 14.1. The van der Waals surface area contributed by atoms with Crippen molar-refractivity contribution in [3.63, 3.8) is 0 Å². The summed E-state index contributed by atoms with van der Waals surface area (Å²) >= 11 is 0. The first kappa shape index (κ1) is 32.2. The topological polar surface area (TPSA) is 141 Å². The molecule has 0 spiro atoms. The van der Waals surface area contributed by atoms with E-state index in [1.54, 1.807) is 13.1 Å². The number of fused-ring (bicyclic) bond motifs is 1. The van der Waals surface area contributed by atoms with Crippen LogP contribution in [0.3, 0.4) is 0 Å². The molecule has 0 radical (unpaired) electrons. The van der Waals surface area contributed by atoms with E-state index in [0.717, 1.165) is 0 Å². The zero-order valence-corrected chi connectivity index (χ0v) is 25.3. The number of aryl methyl sites for hydroxylation is 1. The summed E-state index contributed by atoms with van der Waals surface area (Å²) in [6.45, 7) is 2.68. The number of alkyl halides is 5. The zero-order valence-electron chi connectivity index (χ0n) is 25.3. The Morgan fingerprint density at radius 1 is 1.17 bits per heavy atom. The average Bonchev–Trinajstić information content (AvgIpc) is 3.67. The second kappa shape index (κ2) is 12.8. The standard InChI is InChI=1S/C29H36F5N9O3/c1-2-42-22(14-36-41-42)26(45)38-24(16-3-7-28(30,31)8-4-16)21-15-43-27(37-21)39-23(17-5-9-46-10-6-17)20(40-43)12-18-11-19(29(32,33)34)13-35-25(18)44/h14-19,24H,2-13H2,1H3,(H,35,44)(H,38,45)/t18-,19-,24+/m1/s1. The fourth-order valence-electron chi connectivity index (χ4n) is 6.75. The van der Waals surface area contributed by atoms with Crippen LogP contribution in [0.15, 0.2) is 12.4 Å². The number of imidazole rings is 1. The quantitative estimate of drug-likeness (QED) is 0.350.